The van der Waals surface area contributed by atoms with Crippen molar-refractivity contribution in [1.29, 1.82) is 0 Å². The van der Waals surface area contributed by atoms with Gasteiger partial charge in [0.1, 0.15) is 33.2 Å². The molecule has 0 spiro atoms. The molecule has 1 aromatic heterocycles. The molecule has 3 aromatic rings. The number of methoxy groups -OCH3 is 3. The second-order valence-corrected chi connectivity index (χ2v) is 6.18. The Kier molecular flexibility index (Phi) is 5.43. The first-order valence-corrected chi connectivity index (χ1v) is 8.54. The van der Waals surface area contributed by atoms with E-state index in [1.54, 1.807) is 57.7 Å². The first-order valence-electron chi connectivity index (χ1n) is 7.73. The number of thiazole rings is 1. The predicted molar refractivity (Wildman–Crippen MR) is 99.8 cm³/mol. The third-order valence-corrected chi connectivity index (χ3v) is 4.55. The van der Waals surface area contributed by atoms with Crippen molar-refractivity contribution in [2.24, 2.45) is 0 Å². The van der Waals surface area contributed by atoms with Crippen LogP contribution >= 0.6 is 11.3 Å². The van der Waals surface area contributed by atoms with E-state index in [9.17, 15) is 4.79 Å². The van der Waals surface area contributed by atoms with Crippen LogP contribution in [0.5, 0.6) is 23.0 Å². The molecule has 2 aromatic carbocycles. The number of hydrogen-bond acceptors (Lipinski definition) is 7. The van der Waals surface area contributed by atoms with Crippen molar-refractivity contribution >= 4 is 32.6 Å². The summed E-state index contributed by atoms with van der Waals surface area (Å²) in [5.74, 6) is 2.18. The van der Waals surface area contributed by atoms with Crippen LogP contribution in [0.25, 0.3) is 10.2 Å². The lowest BCUT2D eigenvalue weighted by Gasteiger charge is -2.07. The summed E-state index contributed by atoms with van der Waals surface area (Å²) in [6.07, 6.45) is 0. The zero-order valence-electron chi connectivity index (χ0n) is 14.6. The summed E-state index contributed by atoms with van der Waals surface area (Å²) in [5, 5.41) is 3.18. The Hall–Kier alpha value is -3.00. The normalized spacial score (nSPS) is 10.4. The Labute approximate surface area is 154 Å². The third kappa shape index (κ3) is 3.80. The van der Waals surface area contributed by atoms with Crippen LogP contribution in [0.2, 0.25) is 0 Å². The van der Waals surface area contributed by atoms with Gasteiger partial charge in [-0.3, -0.25) is 10.1 Å². The summed E-state index contributed by atoms with van der Waals surface area (Å²) in [6.45, 7) is -0.142. The average molecular weight is 374 g/mol. The quantitative estimate of drug-likeness (QED) is 0.683. The number of carbonyl (C=O) groups is 1. The largest absolute Gasteiger partial charge is 0.497 e. The molecule has 0 aliphatic carbocycles. The highest BCUT2D eigenvalue weighted by Crippen LogP contribution is 2.38. The fourth-order valence-corrected chi connectivity index (χ4v) is 3.32. The molecule has 0 bridgehead atoms. The van der Waals surface area contributed by atoms with Crippen LogP contribution < -0.4 is 24.3 Å². The van der Waals surface area contributed by atoms with Crippen LogP contribution in [0.1, 0.15) is 0 Å². The molecule has 0 fully saturated rings. The van der Waals surface area contributed by atoms with E-state index in [0.717, 1.165) is 4.70 Å². The number of hydrogen-bond donors (Lipinski definition) is 1. The molecule has 136 valence electrons. The second kappa shape index (κ2) is 7.92. The van der Waals surface area contributed by atoms with Crippen LogP contribution in [-0.2, 0) is 4.79 Å². The van der Waals surface area contributed by atoms with Crippen molar-refractivity contribution in [2.45, 2.75) is 0 Å². The molecule has 0 unspecified atom stereocenters. The van der Waals surface area contributed by atoms with Gasteiger partial charge < -0.3 is 18.9 Å². The van der Waals surface area contributed by atoms with Gasteiger partial charge >= 0.3 is 0 Å². The first-order chi connectivity index (χ1) is 12.6. The van der Waals surface area contributed by atoms with Crippen molar-refractivity contribution in [3.63, 3.8) is 0 Å². The Morgan fingerprint density at radius 1 is 1.04 bits per heavy atom. The number of benzene rings is 2. The second-order valence-electron chi connectivity index (χ2n) is 5.18. The maximum atomic E-state index is 12.2. The molecule has 0 saturated heterocycles. The molecule has 0 atom stereocenters. The molecule has 26 heavy (non-hydrogen) atoms. The Balaban J connectivity index is 1.71. The number of nitrogens with one attached hydrogen (secondary N) is 1. The lowest BCUT2D eigenvalue weighted by molar-refractivity contribution is -0.118. The van der Waals surface area contributed by atoms with E-state index in [1.165, 1.54) is 11.3 Å². The smallest absolute Gasteiger partial charge is 0.264 e. The van der Waals surface area contributed by atoms with Crippen molar-refractivity contribution in [1.82, 2.24) is 4.98 Å². The number of nitrogens with zero attached hydrogens (tertiary/aromatic N) is 1. The SMILES string of the molecule is COc1cccc(OCC(=O)Nc2nc3c(OC)ccc(OC)c3s2)c1. The lowest BCUT2D eigenvalue weighted by atomic mass is 10.3. The van der Waals surface area contributed by atoms with Gasteiger partial charge in [0.2, 0.25) is 0 Å². The molecule has 0 aliphatic heterocycles. The van der Waals surface area contributed by atoms with E-state index in [4.69, 9.17) is 18.9 Å². The van der Waals surface area contributed by atoms with Gasteiger partial charge in [0.05, 0.1) is 21.3 Å². The van der Waals surface area contributed by atoms with Crippen LogP contribution in [0.4, 0.5) is 5.13 Å². The van der Waals surface area contributed by atoms with Crippen molar-refractivity contribution < 1.29 is 23.7 Å². The van der Waals surface area contributed by atoms with Crippen LogP contribution in [0.15, 0.2) is 36.4 Å². The van der Waals surface area contributed by atoms with Gasteiger partial charge in [-0.15, -0.1) is 0 Å². The molecule has 0 radical (unpaired) electrons. The average Bonchev–Trinajstić information content (AvgIpc) is 3.09. The molecular formula is C18H18N2O5S. The standard InChI is InChI=1S/C18H18N2O5S/c1-22-11-5-4-6-12(9-11)25-10-15(21)19-18-20-16-13(23-2)7-8-14(24-3)17(16)26-18/h4-9H,10H2,1-3H3,(H,19,20,21). The molecule has 0 saturated carbocycles. The summed E-state index contributed by atoms with van der Waals surface area (Å²) in [4.78, 5) is 16.6. The van der Waals surface area contributed by atoms with Crippen molar-refractivity contribution in [3.8, 4) is 23.0 Å². The van der Waals surface area contributed by atoms with E-state index in [0.29, 0.717) is 33.6 Å². The van der Waals surface area contributed by atoms with Gasteiger partial charge in [0.15, 0.2) is 11.7 Å². The minimum absolute atomic E-state index is 0.142. The van der Waals surface area contributed by atoms with Crippen LogP contribution in [0, 0.1) is 0 Å². The van der Waals surface area contributed by atoms with E-state index >= 15 is 0 Å². The summed E-state index contributed by atoms with van der Waals surface area (Å²) in [7, 11) is 4.73. The highest BCUT2D eigenvalue weighted by Gasteiger charge is 2.15. The van der Waals surface area contributed by atoms with Crippen molar-refractivity contribution in [2.75, 3.05) is 33.3 Å². The van der Waals surface area contributed by atoms with Gasteiger partial charge in [-0.25, -0.2) is 4.98 Å². The summed E-state index contributed by atoms with van der Waals surface area (Å²) >= 11 is 1.31. The van der Waals surface area contributed by atoms with E-state index in [2.05, 4.69) is 10.3 Å². The minimum atomic E-state index is -0.315. The molecule has 3 rings (SSSR count). The van der Waals surface area contributed by atoms with Gasteiger partial charge in [0, 0.05) is 6.07 Å². The van der Waals surface area contributed by atoms with E-state index in [-0.39, 0.29) is 12.5 Å². The van der Waals surface area contributed by atoms with Gasteiger partial charge in [-0.2, -0.15) is 0 Å². The molecular weight excluding hydrogens is 356 g/mol. The number of fused-ring (bicyclic) bond motifs is 1. The highest BCUT2D eigenvalue weighted by molar-refractivity contribution is 7.22. The summed E-state index contributed by atoms with van der Waals surface area (Å²) in [5.41, 5.74) is 0.640. The van der Waals surface area contributed by atoms with E-state index in [1.807, 2.05) is 0 Å². The maximum absolute atomic E-state index is 12.2. The van der Waals surface area contributed by atoms with Gasteiger partial charge in [-0.1, -0.05) is 17.4 Å². The Bertz CT molecular complexity index is 884. The van der Waals surface area contributed by atoms with Gasteiger partial charge in [0.25, 0.3) is 5.91 Å². The number of rotatable bonds is 7. The van der Waals surface area contributed by atoms with Crippen LogP contribution in [0.3, 0.4) is 0 Å². The zero-order chi connectivity index (χ0) is 18.5. The predicted octanol–water partition coefficient (Wildman–Crippen LogP) is 3.34. The summed E-state index contributed by atoms with van der Waals surface area (Å²) < 4.78 is 22.1. The van der Waals surface area contributed by atoms with E-state index < -0.39 is 0 Å². The number of aromatic nitrogens is 1. The third-order valence-electron chi connectivity index (χ3n) is 3.57. The number of ether oxygens (including phenoxy) is 4. The Morgan fingerprint density at radius 2 is 1.77 bits per heavy atom. The molecule has 1 amide bonds. The maximum Gasteiger partial charge on any atom is 0.264 e. The Morgan fingerprint density at radius 3 is 2.50 bits per heavy atom. The molecule has 7 nitrogen and oxygen atoms in total. The number of carbonyl (C=O) groups excluding carboxylic acids is 1. The molecule has 0 aliphatic rings. The zero-order valence-corrected chi connectivity index (χ0v) is 15.4. The lowest BCUT2D eigenvalue weighted by Crippen LogP contribution is -2.20. The topological polar surface area (TPSA) is 78.9 Å². The monoisotopic (exact) mass is 374 g/mol. The molecule has 8 heteroatoms. The summed E-state index contributed by atoms with van der Waals surface area (Å²) in [6, 6.07) is 10.6. The minimum Gasteiger partial charge on any atom is -0.497 e. The molecule has 1 heterocycles. The van der Waals surface area contributed by atoms with Crippen LogP contribution in [-0.4, -0.2) is 38.8 Å². The van der Waals surface area contributed by atoms with Crippen molar-refractivity contribution in [3.05, 3.63) is 36.4 Å². The highest BCUT2D eigenvalue weighted by atomic mass is 32.1. The number of anilines is 1. The number of amides is 1. The molecule has 1 N–H and O–H groups in total. The van der Waals surface area contributed by atoms with Gasteiger partial charge in [-0.05, 0) is 24.3 Å². The first kappa shape index (κ1) is 17.8. The fourth-order valence-electron chi connectivity index (χ4n) is 2.33. The fraction of sp³-hybridized carbons (Fsp3) is 0.222.